The van der Waals surface area contributed by atoms with E-state index in [0.29, 0.717) is 4.68 Å². The topological polar surface area (TPSA) is 85.8 Å². The van der Waals surface area contributed by atoms with Gasteiger partial charge in [0.05, 0.1) is 11.3 Å². The number of aromatic nitrogens is 3. The maximum atomic E-state index is 12.8. The molecular weight excluding hydrogens is 403 g/mol. The number of carbonyl (C=O) groups excluding carboxylic acids is 1. The molecule has 6 nitrogen and oxygen atoms in total. The van der Waals surface area contributed by atoms with Gasteiger partial charge in [0.15, 0.2) is 0 Å². The third-order valence-electron chi connectivity index (χ3n) is 4.12. The predicted octanol–water partition coefficient (Wildman–Crippen LogP) is 3.40. The van der Waals surface area contributed by atoms with Crippen LogP contribution in [0.5, 0.6) is 0 Å². The van der Waals surface area contributed by atoms with Gasteiger partial charge in [-0.15, -0.1) is 10.2 Å². The molecule has 1 atom stereocenters. The van der Waals surface area contributed by atoms with Crippen molar-refractivity contribution in [3.8, 4) is 0 Å². The van der Waals surface area contributed by atoms with Gasteiger partial charge in [0.2, 0.25) is 11.1 Å². The molecule has 1 heterocycles. The van der Waals surface area contributed by atoms with Gasteiger partial charge in [0.1, 0.15) is 0 Å². The predicted molar refractivity (Wildman–Crippen MR) is 103 cm³/mol. The Kier molecular flexibility index (Phi) is 6.12. The number of nitrogens with one attached hydrogen (secondary N) is 1. The lowest BCUT2D eigenvalue weighted by atomic mass is 9.98. The van der Waals surface area contributed by atoms with E-state index in [0.717, 1.165) is 22.9 Å². The molecule has 10 heteroatoms. The molecule has 152 valence electrons. The summed E-state index contributed by atoms with van der Waals surface area (Å²) in [6, 6.07) is 18.4. The van der Waals surface area contributed by atoms with Crippen molar-refractivity contribution in [3.63, 3.8) is 0 Å². The van der Waals surface area contributed by atoms with E-state index in [1.807, 2.05) is 60.7 Å². The Balaban J connectivity index is 1.77. The van der Waals surface area contributed by atoms with Crippen LogP contribution in [0.15, 0.2) is 65.8 Å². The molecular formula is C19H18F3N5OS. The summed E-state index contributed by atoms with van der Waals surface area (Å²) in [6.45, 7) is 1.56. The molecule has 0 saturated heterocycles. The minimum absolute atomic E-state index is 0.198. The van der Waals surface area contributed by atoms with Crippen LogP contribution in [0.25, 0.3) is 0 Å². The fourth-order valence-corrected chi connectivity index (χ4v) is 3.45. The minimum atomic E-state index is -4.72. The van der Waals surface area contributed by atoms with Gasteiger partial charge in [-0.2, -0.15) is 13.2 Å². The number of rotatable bonds is 6. The number of alkyl halides is 3. The summed E-state index contributed by atoms with van der Waals surface area (Å²) in [5.74, 6) is 3.75. The van der Waals surface area contributed by atoms with Crippen molar-refractivity contribution in [2.24, 2.45) is 0 Å². The minimum Gasteiger partial charge on any atom is -0.344 e. The van der Waals surface area contributed by atoms with Gasteiger partial charge in [0.25, 0.3) is 5.82 Å². The molecule has 0 radical (unpaired) electrons. The summed E-state index contributed by atoms with van der Waals surface area (Å²) in [7, 11) is 0. The van der Waals surface area contributed by atoms with Crippen molar-refractivity contribution in [3.05, 3.63) is 77.6 Å². The van der Waals surface area contributed by atoms with Crippen LogP contribution in [0.4, 0.5) is 13.2 Å². The summed E-state index contributed by atoms with van der Waals surface area (Å²) in [5.41, 5.74) is 1.76. The molecule has 3 N–H and O–H groups in total. The lowest BCUT2D eigenvalue weighted by Crippen LogP contribution is -2.35. The second-order valence-electron chi connectivity index (χ2n) is 6.20. The Morgan fingerprint density at radius 3 is 2.00 bits per heavy atom. The average molecular weight is 421 g/mol. The summed E-state index contributed by atoms with van der Waals surface area (Å²) in [4.78, 5) is 12.8. The van der Waals surface area contributed by atoms with Gasteiger partial charge in [-0.05, 0) is 18.1 Å². The number of nitrogen functional groups attached to an aromatic ring is 1. The fraction of sp³-hybridized carbons (Fsp3) is 0.211. The molecule has 0 aliphatic carbocycles. The van der Waals surface area contributed by atoms with Gasteiger partial charge in [-0.3, -0.25) is 4.79 Å². The van der Waals surface area contributed by atoms with E-state index in [9.17, 15) is 18.0 Å². The lowest BCUT2D eigenvalue weighted by Gasteiger charge is -2.22. The molecule has 0 aliphatic rings. The molecule has 0 bridgehead atoms. The molecule has 2 aromatic carbocycles. The molecule has 0 saturated carbocycles. The highest BCUT2D eigenvalue weighted by molar-refractivity contribution is 8.00. The van der Waals surface area contributed by atoms with Gasteiger partial charge in [-0.1, -0.05) is 72.4 Å². The standard InChI is InChI=1S/C19H18F3N5OS/c1-12(29-18-26-25-17(27(18)23)19(20,21)22)16(28)24-15(13-8-4-2-5-9-13)14-10-6-3-7-11-14/h2-12,15H,23H2,1H3,(H,24,28)/t12-/m1/s1. The van der Waals surface area contributed by atoms with Crippen LogP contribution in [0, 0.1) is 0 Å². The van der Waals surface area contributed by atoms with E-state index in [2.05, 4.69) is 15.5 Å². The second kappa shape index (κ2) is 8.56. The maximum Gasteiger partial charge on any atom is 0.453 e. The maximum absolute atomic E-state index is 12.8. The van der Waals surface area contributed by atoms with Gasteiger partial charge >= 0.3 is 6.18 Å². The fourth-order valence-electron chi connectivity index (χ4n) is 2.67. The first-order valence-corrected chi connectivity index (χ1v) is 9.50. The number of halogens is 3. The zero-order valence-corrected chi connectivity index (χ0v) is 16.1. The first-order valence-electron chi connectivity index (χ1n) is 8.62. The Labute approximate surface area is 169 Å². The van der Waals surface area contributed by atoms with E-state index in [-0.39, 0.29) is 11.1 Å². The first-order chi connectivity index (χ1) is 13.8. The molecule has 0 aliphatic heterocycles. The monoisotopic (exact) mass is 421 g/mol. The summed E-state index contributed by atoms with van der Waals surface area (Å²) >= 11 is 0.800. The van der Waals surface area contributed by atoms with Crippen LogP contribution < -0.4 is 11.2 Å². The van der Waals surface area contributed by atoms with E-state index in [4.69, 9.17) is 5.84 Å². The van der Waals surface area contributed by atoms with Crippen molar-refractivity contribution in [1.29, 1.82) is 0 Å². The number of thioether (sulfide) groups is 1. The molecule has 3 aromatic rings. The molecule has 1 amide bonds. The van der Waals surface area contributed by atoms with Crippen molar-refractivity contribution in [1.82, 2.24) is 20.2 Å². The van der Waals surface area contributed by atoms with Gasteiger partial charge in [-0.25, -0.2) is 4.68 Å². The highest BCUT2D eigenvalue weighted by atomic mass is 32.2. The molecule has 0 spiro atoms. The van der Waals surface area contributed by atoms with Crippen LogP contribution in [0.3, 0.4) is 0 Å². The zero-order valence-electron chi connectivity index (χ0n) is 15.3. The summed E-state index contributed by atoms with van der Waals surface area (Å²) in [6.07, 6.45) is -4.72. The SMILES string of the molecule is C[C@@H](Sc1nnc(C(F)(F)F)n1N)C(=O)NC(c1ccccc1)c1ccccc1. The number of hydrogen-bond donors (Lipinski definition) is 2. The molecule has 0 unspecified atom stereocenters. The van der Waals surface area contributed by atoms with E-state index in [1.165, 1.54) is 0 Å². The van der Waals surface area contributed by atoms with Gasteiger partial charge < -0.3 is 11.2 Å². The highest BCUT2D eigenvalue weighted by Crippen LogP contribution is 2.30. The van der Waals surface area contributed by atoms with Crippen molar-refractivity contribution >= 4 is 17.7 Å². The largest absolute Gasteiger partial charge is 0.453 e. The van der Waals surface area contributed by atoms with Crippen LogP contribution in [-0.4, -0.2) is 26.0 Å². The van der Waals surface area contributed by atoms with Crippen LogP contribution in [0.2, 0.25) is 0 Å². The van der Waals surface area contributed by atoms with Gasteiger partial charge in [0, 0.05) is 0 Å². The van der Waals surface area contributed by atoms with E-state index in [1.54, 1.807) is 6.92 Å². The summed E-state index contributed by atoms with van der Waals surface area (Å²) in [5, 5.41) is 8.51. The Bertz CT molecular complexity index is 923. The quantitative estimate of drug-likeness (QED) is 0.471. The van der Waals surface area contributed by atoms with Crippen molar-refractivity contribution in [2.45, 2.75) is 29.5 Å². The number of benzene rings is 2. The van der Waals surface area contributed by atoms with Crippen molar-refractivity contribution in [2.75, 3.05) is 5.84 Å². The van der Waals surface area contributed by atoms with E-state index >= 15 is 0 Å². The van der Waals surface area contributed by atoms with Crippen LogP contribution in [-0.2, 0) is 11.0 Å². The Morgan fingerprint density at radius 1 is 1.03 bits per heavy atom. The number of nitrogens with two attached hydrogens (primary N) is 1. The van der Waals surface area contributed by atoms with Crippen LogP contribution in [0.1, 0.15) is 29.9 Å². The second-order valence-corrected chi connectivity index (χ2v) is 7.50. The number of nitrogens with zero attached hydrogens (tertiary/aromatic N) is 3. The smallest absolute Gasteiger partial charge is 0.344 e. The average Bonchev–Trinajstić information content (AvgIpc) is 3.08. The number of amides is 1. The third kappa shape index (κ3) is 4.89. The molecule has 3 rings (SSSR count). The first kappa shape index (κ1) is 20.7. The number of carbonyl (C=O) groups is 1. The Morgan fingerprint density at radius 2 is 1.55 bits per heavy atom. The molecule has 0 fully saturated rings. The highest BCUT2D eigenvalue weighted by Gasteiger charge is 2.38. The third-order valence-corrected chi connectivity index (χ3v) is 5.18. The Hall–Kier alpha value is -3.01. The van der Waals surface area contributed by atoms with E-state index < -0.39 is 23.3 Å². The van der Waals surface area contributed by atoms with Crippen molar-refractivity contribution < 1.29 is 18.0 Å². The van der Waals surface area contributed by atoms with Crippen LogP contribution >= 0.6 is 11.8 Å². The summed E-state index contributed by atoms with van der Waals surface area (Å²) < 4.78 is 38.8. The normalized spacial score (nSPS) is 12.7. The lowest BCUT2D eigenvalue weighted by molar-refractivity contribution is -0.146. The zero-order chi connectivity index (χ0) is 21.0. The molecule has 29 heavy (non-hydrogen) atoms. The number of hydrogen-bond acceptors (Lipinski definition) is 5. The molecule has 1 aromatic heterocycles.